The first-order valence-corrected chi connectivity index (χ1v) is 10.1. The van der Waals surface area contributed by atoms with Gasteiger partial charge in [0.05, 0.1) is 19.5 Å². The van der Waals surface area contributed by atoms with Crippen LogP contribution < -0.4 is 0 Å². The van der Waals surface area contributed by atoms with E-state index in [1.807, 2.05) is 95.0 Å². The second-order valence-corrected chi connectivity index (χ2v) is 4.96. The number of hydrogen-bond acceptors (Lipinski definition) is 2. The van der Waals surface area contributed by atoms with Crippen molar-refractivity contribution in [2.75, 3.05) is 0 Å². The first kappa shape index (κ1) is 24.6. The minimum atomic E-state index is 0.0145. The Morgan fingerprint density at radius 2 is 1.37 bits per heavy atom. The molecule has 0 saturated heterocycles. The molecule has 0 bridgehead atoms. The van der Waals surface area contributed by atoms with E-state index in [1.54, 1.807) is 6.20 Å². The van der Waals surface area contributed by atoms with Crippen LogP contribution in [0.25, 0.3) is 0 Å². The second kappa shape index (κ2) is 17.0. The molecule has 3 heteroatoms. The Bertz CT molecular complexity index is 637. The minimum absolute atomic E-state index is 0.0145. The molecule has 3 rings (SSSR count). The van der Waals surface area contributed by atoms with Crippen LogP contribution in [0.4, 0.5) is 0 Å². The number of aromatic nitrogens is 2. The summed E-state index contributed by atoms with van der Waals surface area (Å²) in [7, 11) is 0. The van der Waals surface area contributed by atoms with Gasteiger partial charge in [-0.1, -0.05) is 102 Å². The van der Waals surface area contributed by atoms with Gasteiger partial charge in [0.25, 0.3) is 0 Å². The molecular formula is C24H36N2O. The molecule has 0 saturated carbocycles. The summed E-state index contributed by atoms with van der Waals surface area (Å²) < 4.78 is 8.18. The third-order valence-electron chi connectivity index (χ3n) is 3.40. The largest absolute Gasteiger partial charge is 0.367 e. The van der Waals surface area contributed by atoms with E-state index < -0.39 is 0 Å². The lowest BCUT2D eigenvalue weighted by Crippen LogP contribution is -2.12. The zero-order valence-corrected chi connectivity index (χ0v) is 17.8. The maximum Gasteiger partial charge on any atom is 0.101 e. The molecule has 1 atom stereocenters. The molecule has 1 aromatic heterocycles. The van der Waals surface area contributed by atoms with Gasteiger partial charge in [-0.05, 0) is 11.1 Å². The van der Waals surface area contributed by atoms with Crippen molar-refractivity contribution in [3.05, 3.63) is 90.5 Å². The van der Waals surface area contributed by atoms with Crippen LogP contribution in [-0.4, -0.2) is 9.55 Å². The Morgan fingerprint density at radius 3 is 1.89 bits per heavy atom. The molecule has 1 unspecified atom stereocenters. The topological polar surface area (TPSA) is 27.1 Å². The van der Waals surface area contributed by atoms with Crippen LogP contribution in [0.5, 0.6) is 0 Å². The molecule has 2 aromatic carbocycles. The monoisotopic (exact) mass is 368 g/mol. The summed E-state index contributed by atoms with van der Waals surface area (Å²) in [6.07, 6.45) is 5.59. The quantitative estimate of drug-likeness (QED) is 0.472. The average molecular weight is 369 g/mol. The standard InChI is InChI=1S/C18H18N2O.3C2H6/c1-3-7-16(8-4-1)14-21-18(13-20-12-11-19-15-20)17-9-5-2-6-10-17;3*1-2/h1-12,15,18H,13-14H2;3*1-2H3. The highest BCUT2D eigenvalue weighted by molar-refractivity contribution is 5.18. The van der Waals surface area contributed by atoms with Crippen molar-refractivity contribution in [1.82, 2.24) is 9.55 Å². The van der Waals surface area contributed by atoms with Gasteiger partial charge in [0, 0.05) is 12.4 Å². The third kappa shape index (κ3) is 9.76. The van der Waals surface area contributed by atoms with Gasteiger partial charge in [-0.15, -0.1) is 0 Å². The summed E-state index contributed by atoms with van der Waals surface area (Å²) in [4.78, 5) is 4.09. The van der Waals surface area contributed by atoms with Crippen LogP contribution in [0.15, 0.2) is 79.4 Å². The van der Waals surface area contributed by atoms with Crippen molar-refractivity contribution >= 4 is 0 Å². The number of ether oxygens (including phenoxy) is 1. The normalized spacial score (nSPS) is 10.1. The van der Waals surface area contributed by atoms with Crippen LogP contribution in [0.1, 0.15) is 58.8 Å². The maximum atomic E-state index is 6.14. The predicted octanol–water partition coefficient (Wildman–Crippen LogP) is 6.92. The van der Waals surface area contributed by atoms with E-state index in [2.05, 4.69) is 29.2 Å². The van der Waals surface area contributed by atoms with Crippen LogP contribution in [0.2, 0.25) is 0 Å². The number of imidazole rings is 1. The lowest BCUT2D eigenvalue weighted by molar-refractivity contribution is 0.0280. The SMILES string of the molecule is CC.CC.CC.c1ccc(COC(Cn2ccnc2)c2ccccc2)cc1. The van der Waals surface area contributed by atoms with E-state index in [4.69, 9.17) is 4.74 Å². The summed E-state index contributed by atoms with van der Waals surface area (Å²) in [5.74, 6) is 0. The van der Waals surface area contributed by atoms with Crippen molar-refractivity contribution in [3.63, 3.8) is 0 Å². The van der Waals surface area contributed by atoms with Crippen molar-refractivity contribution in [2.45, 2.75) is 60.8 Å². The molecule has 0 spiro atoms. The van der Waals surface area contributed by atoms with Crippen LogP contribution in [-0.2, 0) is 17.9 Å². The zero-order valence-electron chi connectivity index (χ0n) is 17.8. The molecule has 3 nitrogen and oxygen atoms in total. The minimum Gasteiger partial charge on any atom is -0.367 e. The van der Waals surface area contributed by atoms with Crippen LogP contribution >= 0.6 is 0 Å². The molecule has 3 aromatic rings. The smallest absolute Gasteiger partial charge is 0.101 e. The third-order valence-corrected chi connectivity index (χ3v) is 3.40. The van der Waals surface area contributed by atoms with E-state index >= 15 is 0 Å². The highest BCUT2D eigenvalue weighted by Crippen LogP contribution is 2.21. The van der Waals surface area contributed by atoms with E-state index in [0.717, 1.165) is 6.54 Å². The molecule has 148 valence electrons. The van der Waals surface area contributed by atoms with Gasteiger partial charge in [0.2, 0.25) is 0 Å². The summed E-state index contributed by atoms with van der Waals surface area (Å²) in [6, 6.07) is 20.6. The van der Waals surface area contributed by atoms with Gasteiger partial charge >= 0.3 is 0 Å². The molecule has 1 heterocycles. The van der Waals surface area contributed by atoms with Gasteiger partial charge in [-0.3, -0.25) is 0 Å². The fourth-order valence-electron chi connectivity index (χ4n) is 2.28. The van der Waals surface area contributed by atoms with Crippen molar-refractivity contribution in [1.29, 1.82) is 0 Å². The Hall–Kier alpha value is -2.39. The summed E-state index contributed by atoms with van der Waals surface area (Å²) in [5, 5.41) is 0. The predicted molar refractivity (Wildman–Crippen MR) is 117 cm³/mol. The molecule has 0 N–H and O–H groups in total. The Labute approximate surface area is 166 Å². The highest BCUT2D eigenvalue weighted by Gasteiger charge is 2.12. The van der Waals surface area contributed by atoms with Crippen LogP contribution in [0, 0.1) is 0 Å². The first-order valence-electron chi connectivity index (χ1n) is 10.1. The number of benzene rings is 2. The van der Waals surface area contributed by atoms with Gasteiger partial charge in [-0.25, -0.2) is 4.98 Å². The summed E-state index contributed by atoms with van der Waals surface area (Å²) in [5.41, 5.74) is 2.37. The second-order valence-electron chi connectivity index (χ2n) is 4.96. The van der Waals surface area contributed by atoms with E-state index in [1.165, 1.54) is 11.1 Å². The van der Waals surface area contributed by atoms with Crippen molar-refractivity contribution in [2.24, 2.45) is 0 Å². The van der Waals surface area contributed by atoms with E-state index in [9.17, 15) is 0 Å². The lowest BCUT2D eigenvalue weighted by atomic mass is 10.1. The number of nitrogens with zero attached hydrogens (tertiary/aromatic N) is 2. The molecular weight excluding hydrogens is 332 g/mol. The van der Waals surface area contributed by atoms with Gasteiger partial charge in [0.1, 0.15) is 6.10 Å². The van der Waals surface area contributed by atoms with Crippen molar-refractivity contribution < 1.29 is 4.74 Å². The van der Waals surface area contributed by atoms with Crippen LogP contribution in [0.3, 0.4) is 0 Å². The molecule has 27 heavy (non-hydrogen) atoms. The fourth-order valence-corrected chi connectivity index (χ4v) is 2.28. The summed E-state index contributed by atoms with van der Waals surface area (Å²) >= 11 is 0. The molecule has 0 fully saturated rings. The number of hydrogen-bond donors (Lipinski definition) is 0. The number of rotatable bonds is 6. The molecule has 0 amide bonds. The van der Waals surface area contributed by atoms with E-state index in [0.29, 0.717) is 6.61 Å². The van der Waals surface area contributed by atoms with Gasteiger partial charge in [0.15, 0.2) is 0 Å². The maximum absolute atomic E-state index is 6.14. The molecule has 0 aliphatic rings. The van der Waals surface area contributed by atoms with Gasteiger partial charge < -0.3 is 9.30 Å². The van der Waals surface area contributed by atoms with Gasteiger partial charge in [-0.2, -0.15) is 0 Å². The molecule has 0 radical (unpaired) electrons. The zero-order chi connectivity index (χ0) is 20.3. The van der Waals surface area contributed by atoms with Crippen molar-refractivity contribution in [3.8, 4) is 0 Å². The Balaban J connectivity index is 0.00000103. The average Bonchev–Trinajstić information content (AvgIpc) is 3.30. The highest BCUT2D eigenvalue weighted by atomic mass is 16.5. The molecule has 0 aliphatic heterocycles. The fraction of sp³-hybridized carbons (Fsp3) is 0.375. The Kier molecular flexibility index (Phi) is 15.5. The molecule has 0 aliphatic carbocycles. The first-order chi connectivity index (χ1) is 13.4. The Morgan fingerprint density at radius 1 is 0.815 bits per heavy atom. The summed E-state index contributed by atoms with van der Waals surface area (Å²) in [6.45, 7) is 13.4. The lowest BCUT2D eigenvalue weighted by Gasteiger charge is -2.19. The van der Waals surface area contributed by atoms with E-state index in [-0.39, 0.29) is 6.10 Å².